The van der Waals surface area contributed by atoms with Gasteiger partial charge in [-0.1, -0.05) is 13.8 Å². The van der Waals surface area contributed by atoms with Gasteiger partial charge in [0.25, 0.3) is 11.5 Å². The number of rotatable bonds is 6. The molecule has 1 saturated carbocycles. The lowest BCUT2D eigenvalue weighted by molar-refractivity contribution is -0.127. The lowest BCUT2D eigenvalue weighted by Gasteiger charge is -2.28. The number of likely N-dealkylation sites (tertiary alicyclic amines) is 1. The maximum atomic E-state index is 13.2. The van der Waals surface area contributed by atoms with Crippen LogP contribution in [0.1, 0.15) is 61.1 Å². The van der Waals surface area contributed by atoms with Gasteiger partial charge in [-0.15, -0.1) is 0 Å². The monoisotopic (exact) mass is 466 g/mol. The number of amides is 2. The molecule has 180 valence electrons. The number of nitrogens with one attached hydrogen (secondary N) is 1. The molecule has 0 bridgehead atoms. The quantitative estimate of drug-likeness (QED) is 0.624. The summed E-state index contributed by atoms with van der Waals surface area (Å²) in [5.41, 5.74) is 0.347. The Kier molecular flexibility index (Phi) is 6.46. The van der Waals surface area contributed by atoms with Crippen LogP contribution in [0.25, 0.3) is 11.7 Å². The molecule has 34 heavy (non-hydrogen) atoms. The van der Waals surface area contributed by atoms with E-state index in [4.69, 9.17) is 5.26 Å². The van der Waals surface area contributed by atoms with E-state index in [0.29, 0.717) is 49.4 Å². The van der Waals surface area contributed by atoms with E-state index in [9.17, 15) is 19.5 Å². The van der Waals surface area contributed by atoms with Crippen molar-refractivity contribution >= 4 is 23.5 Å². The molecule has 10 heteroatoms. The van der Waals surface area contributed by atoms with Crippen molar-refractivity contribution in [1.29, 1.82) is 5.26 Å². The minimum atomic E-state index is -0.696. The fourth-order valence-corrected chi connectivity index (χ4v) is 4.27. The van der Waals surface area contributed by atoms with E-state index in [0.717, 1.165) is 17.4 Å². The molecular weight excluding hydrogens is 436 g/mol. The van der Waals surface area contributed by atoms with Crippen molar-refractivity contribution in [3.8, 4) is 11.9 Å². The summed E-state index contributed by atoms with van der Waals surface area (Å²) in [4.78, 5) is 40.4. The zero-order chi connectivity index (χ0) is 24.6. The normalized spacial score (nSPS) is 17.0. The molecule has 2 amide bonds. The summed E-state index contributed by atoms with van der Waals surface area (Å²) in [7, 11) is 0. The van der Waals surface area contributed by atoms with Crippen LogP contribution in [0.4, 0.5) is 0 Å². The Balaban J connectivity index is 1.74. The van der Waals surface area contributed by atoms with Crippen molar-refractivity contribution in [2.24, 2.45) is 11.8 Å². The highest BCUT2D eigenvalue weighted by Gasteiger charge is 2.30. The Labute approximate surface area is 197 Å². The van der Waals surface area contributed by atoms with Crippen molar-refractivity contribution in [3.63, 3.8) is 0 Å². The average molecular weight is 467 g/mol. The van der Waals surface area contributed by atoms with Gasteiger partial charge in [0.2, 0.25) is 11.8 Å². The summed E-state index contributed by atoms with van der Waals surface area (Å²) >= 11 is 0. The van der Waals surface area contributed by atoms with Gasteiger partial charge in [-0.3, -0.25) is 19.0 Å². The average Bonchev–Trinajstić information content (AvgIpc) is 3.55. The van der Waals surface area contributed by atoms with E-state index in [-0.39, 0.29) is 29.3 Å². The highest BCUT2D eigenvalue weighted by atomic mass is 16.3. The molecule has 3 heterocycles. The molecule has 2 N–H and O–H groups in total. The molecule has 0 radical (unpaired) electrons. The zero-order valence-corrected chi connectivity index (χ0v) is 19.7. The van der Waals surface area contributed by atoms with Crippen molar-refractivity contribution < 1.29 is 14.7 Å². The third-order valence-corrected chi connectivity index (χ3v) is 6.29. The largest absolute Gasteiger partial charge is 0.494 e. The SMILES string of the molecule is Cc1nn2c(=O)c(C(=O)NC3CC3)c(O)n(CC(C)C)c2c1C=CC(=O)N1CCC(C#N)CC1. The molecule has 2 aromatic heterocycles. The number of nitrogens with zero attached hydrogens (tertiary/aromatic N) is 5. The topological polar surface area (TPSA) is 133 Å². The Hall–Kier alpha value is -3.61. The number of hydrogen-bond donors (Lipinski definition) is 2. The number of carbonyl (C=O) groups excluding carboxylic acids is 2. The smallest absolute Gasteiger partial charge is 0.291 e. The van der Waals surface area contributed by atoms with Crippen LogP contribution in [-0.4, -0.2) is 55.1 Å². The molecule has 0 atom stereocenters. The van der Waals surface area contributed by atoms with E-state index >= 15 is 0 Å². The van der Waals surface area contributed by atoms with E-state index in [1.807, 2.05) is 13.8 Å². The number of hydrogen-bond acceptors (Lipinski definition) is 6. The van der Waals surface area contributed by atoms with Crippen LogP contribution >= 0.6 is 0 Å². The van der Waals surface area contributed by atoms with Crippen LogP contribution in [0.15, 0.2) is 10.9 Å². The van der Waals surface area contributed by atoms with Crippen molar-refractivity contribution in [2.45, 2.75) is 59.0 Å². The number of nitriles is 1. The second-order valence-electron chi connectivity index (χ2n) is 9.55. The Morgan fingerprint density at radius 3 is 2.53 bits per heavy atom. The van der Waals surface area contributed by atoms with Gasteiger partial charge in [0.05, 0.1) is 11.8 Å². The third-order valence-electron chi connectivity index (χ3n) is 6.29. The molecule has 0 aromatic carbocycles. The van der Waals surface area contributed by atoms with Crippen LogP contribution in [0.5, 0.6) is 5.88 Å². The lowest BCUT2D eigenvalue weighted by Crippen LogP contribution is -2.37. The first-order chi connectivity index (χ1) is 16.2. The van der Waals surface area contributed by atoms with Gasteiger partial charge in [-0.05, 0) is 44.6 Å². The van der Waals surface area contributed by atoms with E-state index < -0.39 is 17.3 Å². The molecule has 1 aliphatic heterocycles. The fraction of sp³-hybridized carbons (Fsp3) is 0.542. The zero-order valence-electron chi connectivity index (χ0n) is 19.7. The molecule has 2 aliphatic rings. The summed E-state index contributed by atoms with van der Waals surface area (Å²) in [6.45, 7) is 7.04. The minimum absolute atomic E-state index is 0.0188. The number of fused-ring (bicyclic) bond motifs is 1. The fourth-order valence-electron chi connectivity index (χ4n) is 4.27. The summed E-state index contributed by atoms with van der Waals surface area (Å²) in [6, 6.07) is 2.28. The van der Waals surface area contributed by atoms with Gasteiger partial charge in [0, 0.05) is 43.2 Å². The third kappa shape index (κ3) is 4.55. The Morgan fingerprint density at radius 1 is 1.26 bits per heavy atom. The van der Waals surface area contributed by atoms with Gasteiger partial charge in [-0.2, -0.15) is 14.9 Å². The van der Waals surface area contributed by atoms with Crippen molar-refractivity contribution in [3.05, 3.63) is 33.3 Å². The van der Waals surface area contributed by atoms with Crippen molar-refractivity contribution in [2.75, 3.05) is 13.1 Å². The minimum Gasteiger partial charge on any atom is -0.494 e. The van der Waals surface area contributed by atoms with E-state index in [1.165, 1.54) is 10.6 Å². The van der Waals surface area contributed by atoms with E-state index in [2.05, 4.69) is 16.5 Å². The highest BCUT2D eigenvalue weighted by Crippen LogP contribution is 2.26. The molecular formula is C24H30N6O4. The van der Waals surface area contributed by atoms with Crippen molar-refractivity contribution in [1.82, 2.24) is 24.4 Å². The number of piperidine rings is 1. The summed E-state index contributed by atoms with van der Waals surface area (Å²) in [5, 5.41) is 27.2. The molecule has 4 rings (SSSR count). The summed E-state index contributed by atoms with van der Waals surface area (Å²) < 4.78 is 2.66. The number of aryl methyl sites for hydroxylation is 1. The number of aromatic nitrogens is 3. The Bertz CT molecular complexity index is 1250. The van der Waals surface area contributed by atoms with Gasteiger partial charge in [0.15, 0.2) is 5.56 Å². The lowest BCUT2D eigenvalue weighted by atomic mass is 9.98. The molecule has 1 aliphatic carbocycles. The number of aromatic hydroxyl groups is 1. The predicted octanol–water partition coefficient (Wildman–Crippen LogP) is 1.83. The van der Waals surface area contributed by atoms with Crippen LogP contribution in [-0.2, 0) is 11.3 Å². The standard InChI is InChI=1S/C24H30N6O4/c1-14(2)13-29-22-18(6-7-19(31)28-10-8-16(12-25)9-11-28)15(3)27-30(22)24(34)20(23(29)33)21(32)26-17-4-5-17/h6-7,14,16-17,33H,4-5,8-11,13H2,1-3H3,(H,26,32). The maximum Gasteiger partial charge on any atom is 0.291 e. The van der Waals surface area contributed by atoms with Gasteiger partial charge in [-0.25, -0.2) is 0 Å². The predicted molar refractivity (Wildman–Crippen MR) is 125 cm³/mol. The molecule has 1 saturated heterocycles. The molecule has 10 nitrogen and oxygen atoms in total. The molecule has 0 unspecified atom stereocenters. The van der Waals surface area contributed by atoms with Crippen LogP contribution in [0, 0.1) is 30.1 Å². The van der Waals surface area contributed by atoms with Crippen LogP contribution < -0.4 is 10.9 Å². The maximum absolute atomic E-state index is 13.2. The first-order valence-corrected chi connectivity index (χ1v) is 11.7. The van der Waals surface area contributed by atoms with Gasteiger partial charge < -0.3 is 15.3 Å². The molecule has 0 spiro atoms. The Morgan fingerprint density at radius 2 is 1.94 bits per heavy atom. The second-order valence-corrected chi connectivity index (χ2v) is 9.55. The first kappa shape index (κ1) is 23.5. The first-order valence-electron chi connectivity index (χ1n) is 11.7. The second kappa shape index (κ2) is 9.33. The van der Waals surface area contributed by atoms with Crippen LogP contribution in [0.3, 0.4) is 0 Å². The van der Waals surface area contributed by atoms with Crippen LogP contribution in [0.2, 0.25) is 0 Å². The summed E-state index contributed by atoms with van der Waals surface area (Å²) in [6.07, 6.45) is 6.06. The highest BCUT2D eigenvalue weighted by molar-refractivity contribution is 5.97. The van der Waals surface area contributed by atoms with Gasteiger partial charge in [0.1, 0.15) is 5.65 Å². The number of carbonyl (C=O) groups is 2. The summed E-state index contributed by atoms with van der Waals surface area (Å²) in [5.74, 6) is -1.10. The molecule has 2 aromatic rings. The van der Waals surface area contributed by atoms with Gasteiger partial charge >= 0.3 is 0 Å². The van der Waals surface area contributed by atoms with E-state index in [1.54, 1.807) is 17.9 Å². The molecule has 2 fully saturated rings.